The number of para-hydroxylation sites is 1. The van der Waals surface area contributed by atoms with Crippen molar-refractivity contribution in [2.75, 3.05) is 0 Å². The summed E-state index contributed by atoms with van der Waals surface area (Å²) in [6, 6.07) is 15.9. The predicted molar refractivity (Wildman–Crippen MR) is 107 cm³/mol. The number of aromatic nitrogens is 1. The number of hydrogen-bond acceptors (Lipinski definition) is 5. The Morgan fingerprint density at radius 1 is 1.15 bits per heavy atom. The van der Waals surface area contributed by atoms with Crippen LogP contribution in [0.25, 0.3) is 21.5 Å². The lowest BCUT2D eigenvalue weighted by Crippen LogP contribution is -2.08. The first-order valence-corrected chi connectivity index (χ1v) is 9.62. The average Bonchev–Trinajstić information content (AvgIpc) is 3.24. The third kappa shape index (κ3) is 3.78. The Kier molecular flexibility index (Phi) is 4.77. The zero-order valence-electron chi connectivity index (χ0n) is 15.2. The van der Waals surface area contributed by atoms with Crippen molar-refractivity contribution >= 4 is 28.3 Å². The number of nitrogens with zero attached hydrogens (tertiary/aromatic N) is 1. The molecular formula is C22H19NO3S. The molecule has 0 N–H and O–H groups in total. The van der Waals surface area contributed by atoms with Gasteiger partial charge in [-0.15, -0.1) is 11.3 Å². The molecule has 4 aromatic rings. The van der Waals surface area contributed by atoms with E-state index in [1.807, 2.05) is 48.7 Å². The molecule has 0 unspecified atom stereocenters. The number of benzene rings is 2. The van der Waals surface area contributed by atoms with Crippen molar-refractivity contribution in [2.24, 2.45) is 0 Å². The van der Waals surface area contributed by atoms with Crippen molar-refractivity contribution in [3.05, 3.63) is 76.5 Å². The molecule has 0 bridgehead atoms. The predicted octanol–water partition coefficient (Wildman–Crippen LogP) is 5.46. The van der Waals surface area contributed by atoms with Gasteiger partial charge in [-0.05, 0) is 26.0 Å². The first-order valence-electron chi connectivity index (χ1n) is 8.74. The van der Waals surface area contributed by atoms with Gasteiger partial charge in [0.1, 0.15) is 23.0 Å². The van der Waals surface area contributed by atoms with Crippen LogP contribution in [0, 0.1) is 13.8 Å². The highest BCUT2D eigenvalue weighted by Gasteiger charge is 2.14. The fourth-order valence-electron chi connectivity index (χ4n) is 3.05. The quantitative estimate of drug-likeness (QED) is 0.433. The summed E-state index contributed by atoms with van der Waals surface area (Å²) in [5.74, 6) is 0.486. The Morgan fingerprint density at radius 2 is 2.00 bits per heavy atom. The average molecular weight is 377 g/mol. The number of carbonyl (C=O) groups is 1. The highest BCUT2D eigenvalue weighted by atomic mass is 32.1. The molecule has 0 spiro atoms. The van der Waals surface area contributed by atoms with E-state index in [2.05, 4.69) is 24.0 Å². The molecule has 0 atom stereocenters. The molecule has 136 valence electrons. The van der Waals surface area contributed by atoms with Gasteiger partial charge in [0.2, 0.25) is 0 Å². The van der Waals surface area contributed by atoms with E-state index in [0.29, 0.717) is 0 Å². The summed E-state index contributed by atoms with van der Waals surface area (Å²) >= 11 is 1.54. The molecule has 27 heavy (non-hydrogen) atoms. The number of hydrogen-bond donors (Lipinski definition) is 0. The van der Waals surface area contributed by atoms with E-state index in [9.17, 15) is 4.79 Å². The van der Waals surface area contributed by atoms with Crippen molar-refractivity contribution in [2.45, 2.75) is 26.9 Å². The van der Waals surface area contributed by atoms with Crippen molar-refractivity contribution in [1.29, 1.82) is 0 Å². The third-order valence-electron chi connectivity index (χ3n) is 4.42. The minimum atomic E-state index is -0.291. The van der Waals surface area contributed by atoms with Gasteiger partial charge in [0.05, 0.1) is 12.1 Å². The summed E-state index contributed by atoms with van der Waals surface area (Å²) in [6.07, 6.45) is 0.164. The maximum absolute atomic E-state index is 12.3. The molecular weight excluding hydrogens is 358 g/mol. The van der Waals surface area contributed by atoms with E-state index < -0.39 is 0 Å². The number of rotatable bonds is 5. The van der Waals surface area contributed by atoms with Crippen LogP contribution in [0.2, 0.25) is 0 Å². The molecule has 0 saturated heterocycles. The zero-order chi connectivity index (χ0) is 18.8. The molecule has 0 amide bonds. The van der Waals surface area contributed by atoms with E-state index in [4.69, 9.17) is 9.15 Å². The van der Waals surface area contributed by atoms with Gasteiger partial charge in [0.15, 0.2) is 0 Å². The van der Waals surface area contributed by atoms with Crippen LogP contribution >= 0.6 is 11.3 Å². The molecule has 0 fully saturated rings. The number of esters is 1. The molecule has 4 rings (SSSR count). The third-order valence-corrected chi connectivity index (χ3v) is 5.36. The Morgan fingerprint density at radius 3 is 2.85 bits per heavy atom. The van der Waals surface area contributed by atoms with Crippen molar-refractivity contribution < 1.29 is 13.9 Å². The standard InChI is InChI=1S/C22H19NO3S/c1-14-6-5-7-16(10-14)22-23-17(13-27-22)11-21(24)25-12-19-15(2)26-20-9-4-3-8-18(19)20/h3-10,13H,11-12H2,1-2H3. The van der Waals surface area contributed by atoms with Gasteiger partial charge in [-0.25, -0.2) is 4.98 Å². The van der Waals surface area contributed by atoms with E-state index >= 15 is 0 Å². The first kappa shape index (κ1) is 17.5. The molecule has 0 aliphatic rings. The van der Waals surface area contributed by atoms with Crippen LogP contribution in [-0.4, -0.2) is 11.0 Å². The van der Waals surface area contributed by atoms with Gasteiger partial charge in [0.25, 0.3) is 0 Å². The summed E-state index contributed by atoms with van der Waals surface area (Å²) in [6.45, 7) is 4.14. The minimum absolute atomic E-state index is 0.164. The maximum atomic E-state index is 12.3. The Labute approximate surface area is 161 Å². The zero-order valence-corrected chi connectivity index (χ0v) is 16.0. The van der Waals surface area contributed by atoms with Crippen LogP contribution < -0.4 is 0 Å². The lowest BCUT2D eigenvalue weighted by atomic mass is 10.1. The second-order valence-electron chi connectivity index (χ2n) is 6.48. The Bertz CT molecular complexity index is 1110. The van der Waals surface area contributed by atoms with Crippen LogP contribution in [-0.2, 0) is 22.6 Å². The number of carbonyl (C=O) groups excluding carboxylic acids is 1. The van der Waals surface area contributed by atoms with Crippen LogP contribution in [0.5, 0.6) is 0 Å². The van der Waals surface area contributed by atoms with Crippen molar-refractivity contribution in [3.63, 3.8) is 0 Å². The highest BCUT2D eigenvalue weighted by Crippen LogP contribution is 2.27. The molecule has 0 radical (unpaired) electrons. The summed E-state index contributed by atoms with van der Waals surface area (Å²) < 4.78 is 11.2. The molecule has 5 heteroatoms. The fourth-order valence-corrected chi connectivity index (χ4v) is 3.87. The monoisotopic (exact) mass is 377 g/mol. The molecule has 0 aliphatic carbocycles. The molecule has 0 saturated carbocycles. The first-order chi connectivity index (χ1) is 13.1. The van der Waals surface area contributed by atoms with Gasteiger partial charge in [-0.2, -0.15) is 0 Å². The lowest BCUT2D eigenvalue weighted by Gasteiger charge is -2.03. The van der Waals surface area contributed by atoms with Gasteiger partial charge in [-0.1, -0.05) is 42.0 Å². The molecule has 0 aliphatic heterocycles. The van der Waals surface area contributed by atoms with Crippen LogP contribution in [0.4, 0.5) is 0 Å². The van der Waals surface area contributed by atoms with E-state index in [1.165, 1.54) is 16.9 Å². The van der Waals surface area contributed by atoms with Crippen LogP contribution in [0.3, 0.4) is 0 Å². The number of fused-ring (bicyclic) bond motifs is 1. The minimum Gasteiger partial charge on any atom is -0.461 e. The number of ether oxygens (including phenoxy) is 1. The topological polar surface area (TPSA) is 52.3 Å². The van der Waals surface area contributed by atoms with Crippen molar-refractivity contribution in [1.82, 2.24) is 4.98 Å². The second kappa shape index (κ2) is 7.37. The van der Waals surface area contributed by atoms with Gasteiger partial charge >= 0.3 is 5.97 Å². The SMILES string of the molecule is Cc1cccc(-c2nc(CC(=O)OCc3c(C)oc4ccccc34)cs2)c1. The van der Waals surface area contributed by atoms with Crippen molar-refractivity contribution in [3.8, 4) is 10.6 Å². The molecule has 4 nitrogen and oxygen atoms in total. The largest absolute Gasteiger partial charge is 0.461 e. The van der Waals surface area contributed by atoms with Gasteiger partial charge < -0.3 is 9.15 Å². The van der Waals surface area contributed by atoms with Gasteiger partial charge in [-0.3, -0.25) is 4.79 Å². The lowest BCUT2D eigenvalue weighted by molar-refractivity contribution is -0.144. The summed E-state index contributed by atoms with van der Waals surface area (Å²) in [5.41, 5.74) is 4.71. The van der Waals surface area contributed by atoms with Gasteiger partial charge in [0, 0.05) is 21.9 Å². The summed E-state index contributed by atoms with van der Waals surface area (Å²) in [7, 11) is 0. The smallest absolute Gasteiger partial charge is 0.312 e. The van der Waals surface area contributed by atoms with E-state index in [0.717, 1.165) is 38.6 Å². The molecule has 2 heterocycles. The normalized spacial score (nSPS) is 11.0. The van der Waals surface area contributed by atoms with Crippen LogP contribution in [0.1, 0.15) is 22.6 Å². The second-order valence-corrected chi connectivity index (χ2v) is 7.34. The molecule has 2 aromatic carbocycles. The van der Waals surface area contributed by atoms with E-state index in [-0.39, 0.29) is 19.0 Å². The highest BCUT2D eigenvalue weighted by molar-refractivity contribution is 7.13. The Balaban J connectivity index is 1.42. The Hall–Kier alpha value is -2.92. The summed E-state index contributed by atoms with van der Waals surface area (Å²) in [5, 5.41) is 3.81. The number of furan rings is 1. The number of thiazole rings is 1. The maximum Gasteiger partial charge on any atom is 0.312 e. The fraction of sp³-hybridized carbons (Fsp3) is 0.182. The van der Waals surface area contributed by atoms with E-state index in [1.54, 1.807) is 0 Å². The summed E-state index contributed by atoms with van der Waals surface area (Å²) in [4.78, 5) is 16.8. The number of aryl methyl sites for hydroxylation is 2. The van der Waals surface area contributed by atoms with Crippen LogP contribution in [0.15, 0.2) is 58.3 Å². The molecule has 2 aromatic heterocycles.